The van der Waals surface area contributed by atoms with Gasteiger partial charge in [0, 0.05) is 12.1 Å². The van der Waals surface area contributed by atoms with Gasteiger partial charge in [-0.3, -0.25) is 4.79 Å². The molecule has 20 heavy (non-hydrogen) atoms. The molecule has 108 valence electrons. The molecule has 2 atom stereocenters. The highest BCUT2D eigenvalue weighted by Gasteiger charge is 2.43. The normalized spacial score (nSPS) is 21.1. The van der Waals surface area contributed by atoms with Gasteiger partial charge in [-0.2, -0.15) is 5.10 Å². The van der Waals surface area contributed by atoms with Crippen LogP contribution in [0.1, 0.15) is 56.9 Å². The molecule has 1 fully saturated rings. The Balaban J connectivity index is 1.63. The van der Waals surface area contributed by atoms with Gasteiger partial charge in [-0.05, 0) is 30.7 Å². The Morgan fingerprint density at radius 3 is 2.85 bits per heavy atom. The van der Waals surface area contributed by atoms with E-state index in [9.17, 15) is 4.79 Å². The first kappa shape index (κ1) is 14.8. The fourth-order valence-corrected chi connectivity index (χ4v) is 2.47. The summed E-state index contributed by atoms with van der Waals surface area (Å²) in [4.78, 5) is 11.9. The second kappa shape index (κ2) is 7.83. The van der Waals surface area contributed by atoms with Crippen molar-refractivity contribution in [1.29, 1.82) is 0 Å². The Labute approximate surface area is 121 Å². The van der Waals surface area contributed by atoms with Gasteiger partial charge in [-0.1, -0.05) is 56.5 Å². The second-order valence-electron chi connectivity index (χ2n) is 5.50. The van der Waals surface area contributed by atoms with Crippen molar-refractivity contribution in [2.75, 3.05) is 0 Å². The summed E-state index contributed by atoms with van der Waals surface area (Å²) in [5, 5.41) is 4.03. The number of carbonyl (C=O) groups excluding carboxylic acids is 1. The topological polar surface area (TPSA) is 41.5 Å². The van der Waals surface area contributed by atoms with E-state index in [1.165, 1.54) is 24.8 Å². The standard InChI is InChI=1S/C17H24N2O/c1-2-3-4-5-9-12-18-19-17(20)16-13-15(16)14-10-7-6-8-11-14/h6-8,10-12,15-16H,2-5,9,13H2,1H3,(H,19,20). The largest absolute Gasteiger partial charge is 0.273 e. The predicted molar refractivity (Wildman–Crippen MR) is 82.7 cm³/mol. The summed E-state index contributed by atoms with van der Waals surface area (Å²) in [5.41, 5.74) is 3.93. The van der Waals surface area contributed by atoms with Gasteiger partial charge in [-0.25, -0.2) is 5.43 Å². The number of benzene rings is 1. The number of rotatable bonds is 8. The van der Waals surface area contributed by atoms with Crippen LogP contribution in [0, 0.1) is 5.92 Å². The van der Waals surface area contributed by atoms with Crippen molar-refractivity contribution < 1.29 is 4.79 Å². The molecular weight excluding hydrogens is 248 g/mol. The highest BCUT2D eigenvalue weighted by molar-refractivity contribution is 5.83. The Morgan fingerprint density at radius 1 is 1.30 bits per heavy atom. The third-order valence-corrected chi connectivity index (χ3v) is 3.81. The van der Waals surface area contributed by atoms with E-state index >= 15 is 0 Å². The summed E-state index contributed by atoms with van der Waals surface area (Å²) in [6.07, 6.45) is 8.65. The lowest BCUT2D eigenvalue weighted by atomic mass is 10.1. The van der Waals surface area contributed by atoms with Crippen LogP contribution in [-0.2, 0) is 4.79 Å². The van der Waals surface area contributed by atoms with E-state index in [1.807, 2.05) is 24.4 Å². The lowest BCUT2D eigenvalue weighted by Gasteiger charge is -2.00. The van der Waals surface area contributed by atoms with Gasteiger partial charge in [0.15, 0.2) is 0 Å². The highest BCUT2D eigenvalue weighted by Crippen LogP contribution is 2.47. The van der Waals surface area contributed by atoms with E-state index < -0.39 is 0 Å². The molecule has 1 N–H and O–H groups in total. The van der Waals surface area contributed by atoms with Crippen LogP contribution >= 0.6 is 0 Å². The van der Waals surface area contributed by atoms with Gasteiger partial charge in [0.2, 0.25) is 5.91 Å². The maximum Gasteiger partial charge on any atom is 0.243 e. The minimum absolute atomic E-state index is 0.0589. The molecule has 1 saturated carbocycles. The van der Waals surface area contributed by atoms with Gasteiger partial charge in [0.1, 0.15) is 0 Å². The van der Waals surface area contributed by atoms with E-state index in [-0.39, 0.29) is 11.8 Å². The molecule has 0 radical (unpaired) electrons. The third kappa shape index (κ3) is 4.48. The SMILES string of the molecule is CCCCCCC=NNC(=O)C1CC1c1ccccc1. The number of carbonyl (C=O) groups is 1. The molecule has 0 spiro atoms. The smallest absolute Gasteiger partial charge is 0.243 e. The van der Waals surface area contributed by atoms with Crippen molar-refractivity contribution in [3.8, 4) is 0 Å². The van der Waals surface area contributed by atoms with E-state index in [0.29, 0.717) is 5.92 Å². The van der Waals surface area contributed by atoms with Gasteiger partial charge in [-0.15, -0.1) is 0 Å². The third-order valence-electron chi connectivity index (χ3n) is 3.81. The van der Waals surface area contributed by atoms with Gasteiger partial charge >= 0.3 is 0 Å². The minimum atomic E-state index is 0.0589. The Kier molecular flexibility index (Phi) is 5.78. The number of nitrogens with one attached hydrogen (secondary N) is 1. The van der Waals surface area contributed by atoms with Crippen LogP contribution in [0.5, 0.6) is 0 Å². The second-order valence-corrected chi connectivity index (χ2v) is 5.50. The molecule has 0 aromatic heterocycles. The van der Waals surface area contributed by atoms with Crippen molar-refractivity contribution in [2.45, 2.75) is 51.4 Å². The Bertz CT molecular complexity index is 442. The monoisotopic (exact) mass is 272 g/mol. The summed E-state index contributed by atoms with van der Waals surface area (Å²) in [6, 6.07) is 10.2. The Hall–Kier alpha value is -1.64. The van der Waals surface area contributed by atoms with Crippen LogP contribution in [-0.4, -0.2) is 12.1 Å². The molecule has 0 saturated heterocycles. The molecule has 0 bridgehead atoms. The number of unbranched alkanes of at least 4 members (excludes halogenated alkanes) is 4. The molecule has 3 heteroatoms. The van der Waals surface area contributed by atoms with Crippen LogP contribution in [0.15, 0.2) is 35.4 Å². The maximum atomic E-state index is 11.9. The fraction of sp³-hybridized carbons (Fsp3) is 0.529. The minimum Gasteiger partial charge on any atom is -0.273 e. The predicted octanol–water partition coefficient (Wildman–Crippen LogP) is 3.86. The molecule has 1 aromatic carbocycles. The lowest BCUT2D eigenvalue weighted by Crippen LogP contribution is -2.19. The number of hydrogen-bond acceptors (Lipinski definition) is 2. The van der Waals surface area contributed by atoms with Gasteiger partial charge < -0.3 is 0 Å². The van der Waals surface area contributed by atoms with Crippen molar-refractivity contribution in [3.63, 3.8) is 0 Å². The molecule has 2 rings (SSSR count). The summed E-state index contributed by atoms with van der Waals surface area (Å²) in [5.74, 6) is 0.550. The average molecular weight is 272 g/mol. The van der Waals surface area contributed by atoms with Crippen LogP contribution < -0.4 is 5.43 Å². The van der Waals surface area contributed by atoms with Crippen LogP contribution in [0.4, 0.5) is 0 Å². The highest BCUT2D eigenvalue weighted by atomic mass is 16.2. The Morgan fingerprint density at radius 2 is 2.10 bits per heavy atom. The van der Waals surface area contributed by atoms with Crippen molar-refractivity contribution >= 4 is 12.1 Å². The zero-order valence-corrected chi connectivity index (χ0v) is 12.2. The zero-order chi connectivity index (χ0) is 14.2. The zero-order valence-electron chi connectivity index (χ0n) is 12.2. The molecule has 0 heterocycles. The van der Waals surface area contributed by atoms with Gasteiger partial charge in [0.25, 0.3) is 0 Å². The molecule has 1 aromatic rings. The van der Waals surface area contributed by atoms with Gasteiger partial charge in [0.05, 0.1) is 0 Å². The molecule has 2 unspecified atom stereocenters. The molecule has 1 aliphatic carbocycles. The summed E-state index contributed by atoms with van der Waals surface area (Å²) < 4.78 is 0. The maximum absolute atomic E-state index is 11.9. The van der Waals surface area contributed by atoms with E-state index in [1.54, 1.807) is 0 Å². The molecular formula is C17H24N2O. The molecule has 1 aliphatic rings. The van der Waals surface area contributed by atoms with Crippen LogP contribution in [0.2, 0.25) is 0 Å². The van der Waals surface area contributed by atoms with Crippen molar-refractivity contribution in [1.82, 2.24) is 5.43 Å². The lowest BCUT2D eigenvalue weighted by molar-refractivity contribution is -0.122. The number of hydrogen-bond donors (Lipinski definition) is 1. The first-order chi connectivity index (χ1) is 9.83. The summed E-state index contributed by atoms with van der Waals surface area (Å²) >= 11 is 0. The first-order valence-electron chi connectivity index (χ1n) is 7.69. The van der Waals surface area contributed by atoms with E-state index in [4.69, 9.17) is 0 Å². The first-order valence-corrected chi connectivity index (χ1v) is 7.69. The average Bonchev–Trinajstić information content (AvgIpc) is 3.27. The number of amides is 1. The summed E-state index contributed by atoms with van der Waals surface area (Å²) in [6.45, 7) is 2.20. The quantitative estimate of drug-likeness (QED) is 0.436. The summed E-state index contributed by atoms with van der Waals surface area (Å²) in [7, 11) is 0. The van der Waals surface area contributed by atoms with Crippen molar-refractivity contribution in [3.05, 3.63) is 35.9 Å². The molecule has 0 aliphatic heterocycles. The fourth-order valence-electron chi connectivity index (χ4n) is 2.47. The number of hydrazone groups is 1. The van der Waals surface area contributed by atoms with E-state index in [0.717, 1.165) is 19.3 Å². The molecule has 3 nitrogen and oxygen atoms in total. The molecule has 1 amide bonds. The van der Waals surface area contributed by atoms with Crippen LogP contribution in [0.3, 0.4) is 0 Å². The van der Waals surface area contributed by atoms with E-state index in [2.05, 4.69) is 29.6 Å². The van der Waals surface area contributed by atoms with Crippen LogP contribution in [0.25, 0.3) is 0 Å². The van der Waals surface area contributed by atoms with Crippen molar-refractivity contribution in [2.24, 2.45) is 11.0 Å². The number of nitrogens with zero attached hydrogens (tertiary/aromatic N) is 1.